The van der Waals surface area contributed by atoms with Gasteiger partial charge < -0.3 is 14.8 Å². The first-order valence-electron chi connectivity index (χ1n) is 7.33. The fourth-order valence-electron chi connectivity index (χ4n) is 2.13. The second-order valence-corrected chi connectivity index (χ2v) is 6.84. The van der Waals surface area contributed by atoms with Crippen LogP contribution in [-0.2, 0) is 16.6 Å². The molecule has 0 radical (unpaired) electrons. The van der Waals surface area contributed by atoms with Gasteiger partial charge in [0.25, 0.3) is 5.91 Å². The van der Waals surface area contributed by atoms with Crippen LogP contribution in [0, 0.1) is 0 Å². The van der Waals surface area contributed by atoms with Crippen molar-refractivity contribution in [2.45, 2.75) is 17.8 Å². The van der Waals surface area contributed by atoms with Crippen LogP contribution >= 0.6 is 0 Å². The normalized spacial score (nSPS) is 11.7. The molecule has 0 aromatic heterocycles. The topological polar surface area (TPSA) is 108 Å². The Morgan fingerprint density at radius 1 is 1.15 bits per heavy atom. The second-order valence-electron chi connectivity index (χ2n) is 5.28. The maximum absolute atomic E-state index is 12.3. The number of halogens is 3. The molecule has 2 aromatic rings. The quantitative estimate of drug-likeness (QED) is 0.767. The number of nitrogens with one attached hydrogen (secondary N) is 1. The molecule has 0 saturated heterocycles. The summed E-state index contributed by atoms with van der Waals surface area (Å²) in [5.74, 6) is -0.901. The minimum atomic E-state index is -4.79. The summed E-state index contributed by atoms with van der Waals surface area (Å²) in [6, 6.07) is 8.47. The van der Waals surface area contributed by atoms with Crippen LogP contribution < -0.4 is 19.9 Å². The standard InChI is InChI=1S/C16H15F3N2O5S/c1-25-14-7-6-12(27(20,23)24)8-13(14)15(22)21-9-10-2-4-11(5-3-10)26-16(17,18)19/h2-8H,9H2,1H3,(H,21,22)(H2,20,23,24). The summed E-state index contributed by atoms with van der Waals surface area (Å²) < 4.78 is 68.0. The Kier molecular flexibility index (Phi) is 5.96. The highest BCUT2D eigenvalue weighted by molar-refractivity contribution is 7.89. The van der Waals surface area contributed by atoms with Crippen molar-refractivity contribution >= 4 is 15.9 Å². The minimum absolute atomic E-state index is 0.0200. The minimum Gasteiger partial charge on any atom is -0.496 e. The number of primary sulfonamides is 1. The Morgan fingerprint density at radius 2 is 1.78 bits per heavy atom. The molecule has 2 aromatic carbocycles. The monoisotopic (exact) mass is 404 g/mol. The van der Waals surface area contributed by atoms with Crippen molar-refractivity contribution in [1.82, 2.24) is 5.32 Å². The van der Waals surface area contributed by atoms with Gasteiger partial charge in [-0.2, -0.15) is 0 Å². The third-order valence-corrected chi connectivity index (χ3v) is 4.27. The van der Waals surface area contributed by atoms with Gasteiger partial charge in [0.1, 0.15) is 11.5 Å². The molecular formula is C16H15F3N2O5S. The van der Waals surface area contributed by atoms with Gasteiger partial charge in [-0.3, -0.25) is 4.79 Å². The van der Waals surface area contributed by atoms with Gasteiger partial charge in [-0.05, 0) is 35.9 Å². The lowest BCUT2D eigenvalue weighted by Crippen LogP contribution is -2.24. The molecule has 3 N–H and O–H groups in total. The lowest BCUT2D eigenvalue weighted by Gasteiger charge is -2.12. The Balaban J connectivity index is 2.11. The van der Waals surface area contributed by atoms with Crippen molar-refractivity contribution in [1.29, 1.82) is 0 Å². The summed E-state index contributed by atoms with van der Waals surface area (Å²) in [5, 5.41) is 7.57. The largest absolute Gasteiger partial charge is 0.573 e. The van der Waals surface area contributed by atoms with Crippen LogP contribution in [0.5, 0.6) is 11.5 Å². The van der Waals surface area contributed by atoms with Crippen LogP contribution in [0.15, 0.2) is 47.4 Å². The first-order valence-corrected chi connectivity index (χ1v) is 8.88. The summed E-state index contributed by atoms with van der Waals surface area (Å²) >= 11 is 0. The van der Waals surface area contributed by atoms with Gasteiger partial charge >= 0.3 is 6.36 Å². The lowest BCUT2D eigenvalue weighted by molar-refractivity contribution is -0.274. The number of rotatable bonds is 6. The average molecular weight is 404 g/mol. The molecule has 11 heteroatoms. The van der Waals surface area contributed by atoms with Crippen molar-refractivity contribution in [3.05, 3.63) is 53.6 Å². The van der Waals surface area contributed by atoms with E-state index in [1.165, 1.54) is 31.4 Å². The van der Waals surface area contributed by atoms with Crippen molar-refractivity contribution in [2.24, 2.45) is 5.14 Å². The third-order valence-electron chi connectivity index (χ3n) is 3.35. The fraction of sp³-hybridized carbons (Fsp3) is 0.188. The highest BCUT2D eigenvalue weighted by Crippen LogP contribution is 2.24. The molecule has 0 fully saturated rings. The van der Waals surface area contributed by atoms with E-state index in [4.69, 9.17) is 9.88 Å². The maximum Gasteiger partial charge on any atom is 0.573 e. The number of nitrogens with two attached hydrogens (primary N) is 1. The number of methoxy groups -OCH3 is 1. The van der Waals surface area contributed by atoms with E-state index >= 15 is 0 Å². The summed E-state index contributed by atoms with van der Waals surface area (Å²) in [6.45, 7) is -0.0200. The molecule has 146 valence electrons. The Labute approximate surface area is 152 Å². The van der Waals surface area contributed by atoms with E-state index in [1.807, 2.05) is 0 Å². The van der Waals surface area contributed by atoms with E-state index in [2.05, 4.69) is 10.1 Å². The van der Waals surface area contributed by atoms with Crippen LogP contribution in [-0.4, -0.2) is 27.8 Å². The highest BCUT2D eigenvalue weighted by atomic mass is 32.2. The molecule has 0 aliphatic rings. The molecule has 0 aliphatic heterocycles. The Hall–Kier alpha value is -2.79. The smallest absolute Gasteiger partial charge is 0.496 e. The van der Waals surface area contributed by atoms with Crippen LogP contribution in [0.3, 0.4) is 0 Å². The van der Waals surface area contributed by atoms with Crippen molar-refractivity contribution in [3.63, 3.8) is 0 Å². The Morgan fingerprint density at radius 3 is 2.30 bits per heavy atom. The van der Waals surface area contributed by atoms with E-state index in [0.29, 0.717) is 5.56 Å². The van der Waals surface area contributed by atoms with Gasteiger partial charge in [0.05, 0.1) is 17.6 Å². The van der Waals surface area contributed by atoms with E-state index in [0.717, 1.165) is 18.2 Å². The number of benzene rings is 2. The van der Waals surface area contributed by atoms with Gasteiger partial charge in [-0.15, -0.1) is 13.2 Å². The van der Waals surface area contributed by atoms with Crippen molar-refractivity contribution in [2.75, 3.05) is 7.11 Å². The SMILES string of the molecule is COc1ccc(S(N)(=O)=O)cc1C(=O)NCc1ccc(OC(F)(F)F)cc1. The molecule has 0 heterocycles. The van der Waals surface area contributed by atoms with E-state index in [1.54, 1.807) is 0 Å². The molecule has 27 heavy (non-hydrogen) atoms. The fourth-order valence-corrected chi connectivity index (χ4v) is 2.67. The van der Waals surface area contributed by atoms with Gasteiger partial charge in [-0.1, -0.05) is 12.1 Å². The van der Waals surface area contributed by atoms with Gasteiger partial charge in [0.2, 0.25) is 10.0 Å². The first kappa shape index (κ1) is 20.5. The summed E-state index contributed by atoms with van der Waals surface area (Å²) in [7, 11) is -2.70. The first-order chi connectivity index (χ1) is 12.5. The average Bonchev–Trinajstić information content (AvgIpc) is 2.58. The molecule has 1 amide bonds. The third kappa shape index (κ3) is 5.86. The summed E-state index contributed by atoms with van der Waals surface area (Å²) in [5.41, 5.74) is 0.445. The predicted octanol–water partition coefficient (Wildman–Crippen LogP) is 2.17. The molecule has 0 saturated carbocycles. The number of carbonyl (C=O) groups excluding carboxylic acids is 1. The molecule has 0 atom stereocenters. The zero-order valence-corrected chi connectivity index (χ0v) is 14.7. The van der Waals surface area contributed by atoms with Crippen molar-refractivity contribution < 1.29 is 35.9 Å². The summed E-state index contributed by atoms with van der Waals surface area (Å²) in [4.78, 5) is 12.1. The highest BCUT2D eigenvalue weighted by Gasteiger charge is 2.30. The van der Waals surface area contributed by atoms with Crippen LogP contribution in [0.25, 0.3) is 0 Å². The molecule has 0 unspecified atom stereocenters. The number of alkyl halides is 3. The number of amides is 1. The Bertz CT molecular complexity index is 928. The molecule has 0 aliphatic carbocycles. The number of sulfonamides is 1. The second kappa shape index (κ2) is 7.84. The zero-order chi connectivity index (χ0) is 20.2. The lowest BCUT2D eigenvalue weighted by atomic mass is 10.1. The zero-order valence-electron chi connectivity index (χ0n) is 13.9. The van der Waals surface area contributed by atoms with Gasteiger partial charge in [0.15, 0.2) is 0 Å². The van der Waals surface area contributed by atoms with Crippen LogP contribution in [0.2, 0.25) is 0 Å². The molecule has 0 bridgehead atoms. The van der Waals surface area contributed by atoms with E-state index in [9.17, 15) is 26.4 Å². The van der Waals surface area contributed by atoms with Gasteiger partial charge in [0, 0.05) is 6.54 Å². The van der Waals surface area contributed by atoms with Crippen molar-refractivity contribution in [3.8, 4) is 11.5 Å². The van der Waals surface area contributed by atoms with E-state index in [-0.39, 0.29) is 28.5 Å². The van der Waals surface area contributed by atoms with Crippen LogP contribution in [0.1, 0.15) is 15.9 Å². The van der Waals surface area contributed by atoms with Gasteiger partial charge in [-0.25, -0.2) is 13.6 Å². The summed E-state index contributed by atoms with van der Waals surface area (Å²) in [6.07, 6.45) is -4.79. The molecule has 0 spiro atoms. The van der Waals surface area contributed by atoms with Crippen LogP contribution in [0.4, 0.5) is 13.2 Å². The number of hydrogen-bond acceptors (Lipinski definition) is 5. The molecule has 7 nitrogen and oxygen atoms in total. The molecular weight excluding hydrogens is 389 g/mol. The maximum atomic E-state index is 12.3. The number of ether oxygens (including phenoxy) is 2. The number of carbonyl (C=O) groups is 1. The predicted molar refractivity (Wildman–Crippen MR) is 88.7 cm³/mol. The van der Waals surface area contributed by atoms with E-state index < -0.39 is 22.3 Å². The molecule has 2 rings (SSSR count). The number of hydrogen-bond donors (Lipinski definition) is 2.